The normalized spacial score (nSPS) is 10.3. The van der Waals surface area contributed by atoms with E-state index in [0.717, 1.165) is 35.4 Å². The molecule has 0 bridgehead atoms. The number of ether oxygens (including phenoxy) is 1. The first-order chi connectivity index (χ1) is 7.15. The summed E-state index contributed by atoms with van der Waals surface area (Å²) < 4.78 is 6.02. The lowest BCUT2D eigenvalue weighted by Crippen LogP contribution is -2.20. The molecule has 1 aromatic rings. The number of rotatable bonds is 5. The zero-order chi connectivity index (χ0) is 11.3. The first-order valence-corrected chi connectivity index (χ1v) is 5.69. The third-order valence-electron chi connectivity index (χ3n) is 2.24. The fraction of sp³-hybridized carbons (Fsp3) is 0.455. The van der Waals surface area contributed by atoms with Gasteiger partial charge < -0.3 is 15.4 Å². The van der Waals surface area contributed by atoms with Crippen molar-refractivity contribution in [2.45, 2.75) is 6.42 Å². The van der Waals surface area contributed by atoms with Gasteiger partial charge in [0.2, 0.25) is 0 Å². The van der Waals surface area contributed by atoms with E-state index in [4.69, 9.17) is 10.5 Å². The van der Waals surface area contributed by atoms with Crippen molar-refractivity contribution < 1.29 is 4.74 Å². The number of anilines is 2. The molecule has 0 aromatic heterocycles. The van der Waals surface area contributed by atoms with E-state index in [1.807, 2.05) is 25.2 Å². The van der Waals surface area contributed by atoms with Crippen LogP contribution < -0.4 is 10.6 Å². The summed E-state index contributed by atoms with van der Waals surface area (Å²) >= 11 is 3.39. The molecule has 1 aromatic carbocycles. The van der Waals surface area contributed by atoms with Crippen molar-refractivity contribution in [1.29, 1.82) is 0 Å². The van der Waals surface area contributed by atoms with E-state index in [1.165, 1.54) is 0 Å². The van der Waals surface area contributed by atoms with Crippen LogP contribution in [0.15, 0.2) is 22.7 Å². The highest BCUT2D eigenvalue weighted by Gasteiger charge is 2.04. The van der Waals surface area contributed by atoms with Crippen LogP contribution in [0, 0.1) is 0 Å². The van der Waals surface area contributed by atoms with E-state index in [0.29, 0.717) is 0 Å². The molecule has 0 aliphatic rings. The second-order valence-corrected chi connectivity index (χ2v) is 4.39. The predicted molar refractivity (Wildman–Crippen MR) is 68.3 cm³/mol. The van der Waals surface area contributed by atoms with Gasteiger partial charge in [-0.05, 0) is 24.6 Å². The van der Waals surface area contributed by atoms with Crippen molar-refractivity contribution in [2.75, 3.05) is 37.9 Å². The fourth-order valence-electron chi connectivity index (χ4n) is 1.44. The maximum absolute atomic E-state index is 5.92. The largest absolute Gasteiger partial charge is 0.397 e. The first-order valence-electron chi connectivity index (χ1n) is 4.90. The minimum absolute atomic E-state index is 0.779. The molecule has 15 heavy (non-hydrogen) atoms. The van der Waals surface area contributed by atoms with Crippen LogP contribution in [-0.4, -0.2) is 27.3 Å². The maximum atomic E-state index is 5.92. The summed E-state index contributed by atoms with van der Waals surface area (Å²) in [4.78, 5) is 2.14. The average Bonchev–Trinajstić information content (AvgIpc) is 2.17. The number of nitrogen functional groups attached to an aromatic ring is 1. The van der Waals surface area contributed by atoms with Gasteiger partial charge in [0.25, 0.3) is 0 Å². The molecule has 3 nitrogen and oxygen atoms in total. The number of halogens is 1. The predicted octanol–water partition coefficient (Wildman–Crippen LogP) is 2.50. The molecule has 0 spiro atoms. The van der Waals surface area contributed by atoms with Crippen LogP contribution in [0.4, 0.5) is 11.4 Å². The van der Waals surface area contributed by atoms with Gasteiger partial charge >= 0.3 is 0 Å². The Balaban J connectivity index is 2.61. The second-order valence-electron chi connectivity index (χ2n) is 3.47. The van der Waals surface area contributed by atoms with Crippen LogP contribution in [0.25, 0.3) is 0 Å². The van der Waals surface area contributed by atoms with Gasteiger partial charge in [-0.2, -0.15) is 0 Å². The summed E-state index contributed by atoms with van der Waals surface area (Å²) in [5.41, 5.74) is 7.78. The molecule has 0 unspecified atom stereocenters. The summed E-state index contributed by atoms with van der Waals surface area (Å²) in [6.07, 6.45) is 1.00. The SMILES string of the molecule is COCCCN(C)c1ccc(Br)cc1N. The monoisotopic (exact) mass is 272 g/mol. The molecule has 0 amide bonds. The van der Waals surface area contributed by atoms with Crippen molar-refractivity contribution >= 4 is 27.3 Å². The Morgan fingerprint density at radius 2 is 2.20 bits per heavy atom. The molecule has 0 atom stereocenters. The van der Waals surface area contributed by atoms with E-state index in [1.54, 1.807) is 7.11 Å². The zero-order valence-corrected chi connectivity index (χ0v) is 10.8. The first kappa shape index (κ1) is 12.3. The van der Waals surface area contributed by atoms with Gasteiger partial charge in [0, 0.05) is 31.8 Å². The molecule has 0 aliphatic carbocycles. The molecule has 84 valence electrons. The third kappa shape index (κ3) is 3.72. The highest BCUT2D eigenvalue weighted by atomic mass is 79.9. The lowest BCUT2D eigenvalue weighted by Gasteiger charge is -2.21. The Labute approximate surface area is 99.3 Å². The van der Waals surface area contributed by atoms with E-state index < -0.39 is 0 Å². The van der Waals surface area contributed by atoms with Crippen molar-refractivity contribution in [3.8, 4) is 0 Å². The minimum atomic E-state index is 0.779. The Morgan fingerprint density at radius 3 is 2.80 bits per heavy atom. The molecule has 4 heteroatoms. The quantitative estimate of drug-likeness (QED) is 0.661. The van der Waals surface area contributed by atoms with E-state index in [2.05, 4.69) is 20.8 Å². The third-order valence-corrected chi connectivity index (χ3v) is 2.74. The Kier molecular flexibility index (Phi) is 4.91. The van der Waals surface area contributed by atoms with E-state index in [-0.39, 0.29) is 0 Å². The number of benzene rings is 1. The topological polar surface area (TPSA) is 38.5 Å². The van der Waals surface area contributed by atoms with Gasteiger partial charge in [-0.1, -0.05) is 15.9 Å². The summed E-state index contributed by atoms with van der Waals surface area (Å²) in [6, 6.07) is 5.94. The van der Waals surface area contributed by atoms with Crippen LogP contribution in [0.2, 0.25) is 0 Å². The van der Waals surface area contributed by atoms with Crippen molar-refractivity contribution in [3.63, 3.8) is 0 Å². The van der Waals surface area contributed by atoms with Gasteiger partial charge in [0.05, 0.1) is 11.4 Å². The molecular formula is C11H17BrN2O. The Bertz CT molecular complexity index is 317. The molecule has 1 rings (SSSR count). The standard InChI is InChI=1S/C11H17BrN2O/c1-14(6-3-7-15-2)11-5-4-9(12)8-10(11)13/h4-5,8H,3,6-7,13H2,1-2H3. The lowest BCUT2D eigenvalue weighted by atomic mass is 10.2. The van der Waals surface area contributed by atoms with Gasteiger partial charge in [0.15, 0.2) is 0 Å². The van der Waals surface area contributed by atoms with E-state index >= 15 is 0 Å². The highest BCUT2D eigenvalue weighted by molar-refractivity contribution is 9.10. The average molecular weight is 273 g/mol. The number of hydrogen-bond donors (Lipinski definition) is 1. The summed E-state index contributed by atoms with van der Waals surface area (Å²) in [5, 5.41) is 0. The minimum Gasteiger partial charge on any atom is -0.397 e. The van der Waals surface area contributed by atoms with Crippen LogP contribution in [0.1, 0.15) is 6.42 Å². The number of nitrogens with two attached hydrogens (primary N) is 1. The summed E-state index contributed by atoms with van der Waals surface area (Å²) in [7, 11) is 3.75. The zero-order valence-electron chi connectivity index (χ0n) is 9.16. The lowest BCUT2D eigenvalue weighted by molar-refractivity contribution is 0.196. The molecule has 0 radical (unpaired) electrons. The van der Waals surface area contributed by atoms with Gasteiger partial charge in [-0.15, -0.1) is 0 Å². The smallest absolute Gasteiger partial charge is 0.0598 e. The number of nitrogens with zero attached hydrogens (tertiary/aromatic N) is 1. The molecule has 0 saturated carbocycles. The molecular weight excluding hydrogens is 256 g/mol. The highest BCUT2D eigenvalue weighted by Crippen LogP contribution is 2.25. The van der Waals surface area contributed by atoms with Crippen LogP contribution in [0.5, 0.6) is 0 Å². The van der Waals surface area contributed by atoms with Gasteiger partial charge in [0.1, 0.15) is 0 Å². The number of methoxy groups -OCH3 is 1. The molecule has 0 heterocycles. The number of hydrogen-bond acceptors (Lipinski definition) is 3. The van der Waals surface area contributed by atoms with Crippen molar-refractivity contribution in [3.05, 3.63) is 22.7 Å². The van der Waals surface area contributed by atoms with Crippen LogP contribution in [-0.2, 0) is 4.74 Å². The molecule has 2 N–H and O–H groups in total. The molecule has 0 saturated heterocycles. The maximum Gasteiger partial charge on any atom is 0.0598 e. The fourth-order valence-corrected chi connectivity index (χ4v) is 1.82. The Morgan fingerprint density at radius 1 is 1.47 bits per heavy atom. The Hall–Kier alpha value is -0.740. The van der Waals surface area contributed by atoms with Gasteiger partial charge in [-0.3, -0.25) is 0 Å². The van der Waals surface area contributed by atoms with Gasteiger partial charge in [-0.25, -0.2) is 0 Å². The van der Waals surface area contributed by atoms with Crippen LogP contribution >= 0.6 is 15.9 Å². The molecule has 0 fully saturated rings. The second kappa shape index (κ2) is 5.98. The van der Waals surface area contributed by atoms with E-state index in [9.17, 15) is 0 Å². The molecule has 0 aliphatic heterocycles. The van der Waals surface area contributed by atoms with Crippen molar-refractivity contribution in [1.82, 2.24) is 0 Å². The van der Waals surface area contributed by atoms with Crippen molar-refractivity contribution in [2.24, 2.45) is 0 Å². The summed E-state index contributed by atoms with van der Waals surface area (Å²) in [5.74, 6) is 0. The van der Waals surface area contributed by atoms with Crippen LogP contribution in [0.3, 0.4) is 0 Å². The summed E-state index contributed by atoms with van der Waals surface area (Å²) in [6.45, 7) is 1.72.